The molecule has 0 radical (unpaired) electrons. The molecule has 0 fully saturated rings. The van der Waals surface area contributed by atoms with Gasteiger partial charge in [-0.25, -0.2) is 0 Å². The third-order valence-electron chi connectivity index (χ3n) is 3.05. The van der Waals surface area contributed by atoms with E-state index in [-0.39, 0.29) is 0 Å². The fraction of sp³-hybridized carbons (Fsp3) is 0.176. The molecule has 0 bridgehead atoms. The number of anilines is 1. The summed E-state index contributed by atoms with van der Waals surface area (Å²) in [4.78, 5) is 0. The smallest absolute Gasteiger partial charge is 0.180 e. The first-order valence-electron chi connectivity index (χ1n) is 6.84. The third kappa shape index (κ3) is 4.71. The average Bonchev–Trinajstić information content (AvgIpc) is 2.52. The highest BCUT2D eigenvalue weighted by atomic mass is 35.5. The summed E-state index contributed by atoms with van der Waals surface area (Å²) in [6, 6.07) is 8.96. The number of nitrogens with one attached hydrogen (secondary N) is 1. The summed E-state index contributed by atoms with van der Waals surface area (Å²) in [5.74, 6) is 1.07. The van der Waals surface area contributed by atoms with Gasteiger partial charge in [0.15, 0.2) is 11.5 Å². The standard InChI is InChI=1S/C17H16Cl3NO2/c1-3-6-23-17-14(20)7-11(8-16(17)22-2)10-21-15-5-4-12(18)9-13(15)19/h3-5,7-9,21H,1,6,10H2,2H3. The first-order valence-corrected chi connectivity index (χ1v) is 7.97. The van der Waals surface area contributed by atoms with E-state index in [1.54, 1.807) is 25.3 Å². The Morgan fingerprint density at radius 2 is 1.91 bits per heavy atom. The van der Waals surface area contributed by atoms with E-state index in [2.05, 4.69) is 11.9 Å². The number of hydrogen-bond acceptors (Lipinski definition) is 3. The van der Waals surface area contributed by atoms with Crippen LogP contribution in [-0.2, 0) is 6.54 Å². The van der Waals surface area contributed by atoms with Gasteiger partial charge in [-0.05, 0) is 35.9 Å². The molecule has 0 amide bonds. The van der Waals surface area contributed by atoms with Crippen LogP contribution in [0.1, 0.15) is 5.56 Å². The van der Waals surface area contributed by atoms with E-state index in [9.17, 15) is 0 Å². The summed E-state index contributed by atoms with van der Waals surface area (Å²) in [6.07, 6.45) is 1.65. The van der Waals surface area contributed by atoms with Crippen LogP contribution in [0.15, 0.2) is 43.0 Å². The number of benzene rings is 2. The summed E-state index contributed by atoms with van der Waals surface area (Å²) in [5, 5.41) is 4.86. The number of ether oxygens (including phenoxy) is 2. The van der Waals surface area contributed by atoms with Crippen LogP contribution in [0.2, 0.25) is 15.1 Å². The molecule has 2 rings (SSSR count). The van der Waals surface area contributed by atoms with Crippen molar-refractivity contribution in [1.82, 2.24) is 0 Å². The molecule has 0 aliphatic carbocycles. The van der Waals surface area contributed by atoms with Gasteiger partial charge >= 0.3 is 0 Å². The van der Waals surface area contributed by atoms with Gasteiger partial charge in [-0.1, -0.05) is 47.5 Å². The van der Waals surface area contributed by atoms with Crippen LogP contribution in [0.4, 0.5) is 5.69 Å². The molecule has 2 aromatic carbocycles. The topological polar surface area (TPSA) is 30.5 Å². The van der Waals surface area contributed by atoms with Crippen LogP contribution in [0.25, 0.3) is 0 Å². The SMILES string of the molecule is C=CCOc1c(Cl)cc(CNc2ccc(Cl)cc2Cl)cc1OC. The molecule has 0 heterocycles. The van der Waals surface area contributed by atoms with Crippen LogP contribution in [0, 0.1) is 0 Å². The molecule has 0 saturated heterocycles. The van der Waals surface area contributed by atoms with E-state index in [0.29, 0.717) is 39.7 Å². The van der Waals surface area contributed by atoms with Crippen molar-refractivity contribution in [2.45, 2.75) is 6.54 Å². The molecule has 122 valence electrons. The predicted molar refractivity (Wildman–Crippen MR) is 97.5 cm³/mol. The second-order valence-electron chi connectivity index (χ2n) is 4.69. The highest BCUT2D eigenvalue weighted by Crippen LogP contribution is 2.37. The monoisotopic (exact) mass is 371 g/mol. The summed E-state index contributed by atoms with van der Waals surface area (Å²) in [7, 11) is 1.57. The third-order valence-corrected chi connectivity index (χ3v) is 3.88. The molecule has 0 aromatic heterocycles. The molecule has 6 heteroatoms. The number of halogens is 3. The Kier molecular flexibility index (Phi) is 6.46. The van der Waals surface area contributed by atoms with E-state index in [1.165, 1.54) is 0 Å². The summed E-state index contributed by atoms with van der Waals surface area (Å²) in [6.45, 7) is 4.50. The van der Waals surface area contributed by atoms with Gasteiger partial charge in [0.05, 0.1) is 22.8 Å². The zero-order valence-corrected chi connectivity index (χ0v) is 14.8. The van der Waals surface area contributed by atoms with Crippen LogP contribution < -0.4 is 14.8 Å². The Bertz CT molecular complexity index is 704. The summed E-state index contributed by atoms with van der Waals surface area (Å²) in [5.41, 5.74) is 1.72. The molecule has 0 aliphatic heterocycles. The zero-order valence-electron chi connectivity index (χ0n) is 12.5. The normalized spacial score (nSPS) is 10.3. The Hall–Kier alpha value is -1.55. The summed E-state index contributed by atoms with van der Waals surface area (Å²) < 4.78 is 10.9. The Morgan fingerprint density at radius 1 is 1.13 bits per heavy atom. The minimum atomic E-state index is 0.355. The minimum Gasteiger partial charge on any atom is -0.493 e. The van der Waals surface area contributed by atoms with Gasteiger partial charge < -0.3 is 14.8 Å². The van der Waals surface area contributed by atoms with Crippen LogP contribution >= 0.6 is 34.8 Å². The molecule has 3 nitrogen and oxygen atoms in total. The van der Waals surface area contributed by atoms with E-state index in [1.807, 2.05) is 18.2 Å². The first kappa shape index (κ1) is 17.8. The fourth-order valence-electron chi connectivity index (χ4n) is 1.99. The van der Waals surface area contributed by atoms with Crippen molar-refractivity contribution in [3.63, 3.8) is 0 Å². The molecule has 0 spiro atoms. The fourth-order valence-corrected chi connectivity index (χ4v) is 2.75. The van der Waals surface area contributed by atoms with Crippen molar-refractivity contribution in [1.29, 1.82) is 0 Å². The summed E-state index contributed by atoms with van der Waals surface area (Å²) >= 11 is 18.3. The van der Waals surface area contributed by atoms with Crippen LogP contribution in [-0.4, -0.2) is 13.7 Å². The zero-order chi connectivity index (χ0) is 16.8. The maximum Gasteiger partial charge on any atom is 0.180 e. The predicted octanol–water partition coefficient (Wildman–Crippen LogP) is 5.83. The Morgan fingerprint density at radius 3 is 2.57 bits per heavy atom. The lowest BCUT2D eigenvalue weighted by atomic mass is 10.2. The molecule has 2 aromatic rings. The average molecular weight is 373 g/mol. The molecule has 0 atom stereocenters. The van der Waals surface area contributed by atoms with Gasteiger partial charge in [0, 0.05) is 11.6 Å². The number of hydrogen-bond donors (Lipinski definition) is 1. The first-order chi connectivity index (χ1) is 11.0. The molecule has 23 heavy (non-hydrogen) atoms. The van der Waals surface area contributed by atoms with Gasteiger partial charge in [0.1, 0.15) is 6.61 Å². The lowest BCUT2D eigenvalue weighted by Crippen LogP contribution is -2.02. The lowest BCUT2D eigenvalue weighted by Gasteiger charge is -2.14. The quantitative estimate of drug-likeness (QED) is 0.620. The van der Waals surface area contributed by atoms with Crippen molar-refractivity contribution < 1.29 is 9.47 Å². The van der Waals surface area contributed by atoms with Crippen molar-refractivity contribution in [2.75, 3.05) is 19.0 Å². The Labute approximate surface area is 150 Å². The minimum absolute atomic E-state index is 0.355. The molecular weight excluding hydrogens is 357 g/mol. The van der Waals surface area contributed by atoms with Crippen LogP contribution in [0.3, 0.4) is 0 Å². The van der Waals surface area contributed by atoms with Crippen molar-refractivity contribution in [3.8, 4) is 11.5 Å². The van der Waals surface area contributed by atoms with Crippen molar-refractivity contribution >= 4 is 40.5 Å². The highest BCUT2D eigenvalue weighted by molar-refractivity contribution is 6.36. The molecule has 0 unspecified atom stereocenters. The second-order valence-corrected chi connectivity index (χ2v) is 5.94. The van der Waals surface area contributed by atoms with Crippen LogP contribution in [0.5, 0.6) is 11.5 Å². The largest absolute Gasteiger partial charge is 0.493 e. The number of methoxy groups -OCH3 is 1. The van der Waals surface area contributed by atoms with E-state index in [0.717, 1.165) is 11.3 Å². The van der Waals surface area contributed by atoms with Gasteiger partial charge in [-0.2, -0.15) is 0 Å². The van der Waals surface area contributed by atoms with Gasteiger partial charge in [0.2, 0.25) is 0 Å². The number of rotatable bonds is 7. The molecule has 1 N–H and O–H groups in total. The van der Waals surface area contributed by atoms with E-state index < -0.39 is 0 Å². The molecule has 0 saturated carbocycles. The van der Waals surface area contributed by atoms with Gasteiger partial charge in [0.25, 0.3) is 0 Å². The lowest BCUT2D eigenvalue weighted by molar-refractivity contribution is 0.326. The van der Waals surface area contributed by atoms with Gasteiger partial charge in [-0.3, -0.25) is 0 Å². The van der Waals surface area contributed by atoms with Crippen molar-refractivity contribution in [2.24, 2.45) is 0 Å². The Balaban J connectivity index is 2.16. The second kappa shape index (κ2) is 8.34. The van der Waals surface area contributed by atoms with E-state index in [4.69, 9.17) is 44.3 Å². The van der Waals surface area contributed by atoms with Crippen molar-refractivity contribution in [3.05, 3.63) is 63.6 Å². The van der Waals surface area contributed by atoms with Gasteiger partial charge in [-0.15, -0.1) is 0 Å². The maximum atomic E-state index is 6.27. The maximum absolute atomic E-state index is 6.27. The van der Waals surface area contributed by atoms with E-state index >= 15 is 0 Å². The molecule has 0 aliphatic rings. The highest BCUT2D eigenvalue weighted by Gasteiger charge is 2.12. The molecular formula is C17H16Cl3NO2.